The van der Waals surface area contributed by atoms with Crippen LogP contribution in [-0.2, 0) is 0 Å². The highest BCUT2D eigenvalue weighted by molar-refractivity contribution is 4.86. The summed E-state index contributed by atoms with van der Waals surface area (Å²) in [5, 5.41) is 3.61. The Morgan fingerprint density at radius 2 is 1.32 bits per heavy atom. The fourth-order valence-corrected chi connectivity index (χ4v) is 3.71. The van der Waals surface area contributed by atoms with Gasteiger partial charge in [-0.25, -0.2) is 0 Å². The zero-order valence-corrected chi connectivity index (χ0v) is 15.1. The average molecular weight is 270 g/mol. The van der Waals surface area contributed by atoms with E-state index in [0.717, 1.165) is 12.5 Å². The Kier molecular flexibility index (Phi) is 7.09. The highest BCUT2D eigenvalue weighted by atomic mass is 14.9. The molecular formula is C18H39N. The van der Waals surface area contributed by atoms with Crippen LogP contribution in [0.2, 0.25) is 0 Å². The molecule has 0 aromatic rings. The van der Waals surface area contributed by atoms with Gasteiger partial charge in [0.1, 0.15) is 0 Å². The van der Waals surface area contributed by atoms with Crippen molar-refractivity contribution in [2.75, 3.05) is 6.54 Å². The van der Waals surface area contributed by atoms with Crippen LogP contribution in [0, 0.1) is 16.7 Å². The first-order valence-corrected chi connectivity index (χ1v) is 8.14. The van der Waals surface area contributed by atoms with Crippen molar-refractivity contribution in [3.8, 4) is 0 Å². The van der Waals surface area contributed by atoms with Crippen molar-refractivity contribution in [2.45, 2.75) is 93.5 Å². The first kappa shape index (κ1) is 19.0. The summed E-state index contributed by atoms with van der Waals surface area (Å²) in [5.41, 5.74) is 1.15. The first-order valence-electron chi connectivity index (χ1n) is 8.14. The van der Waals surface area contributed by atoms with Gasteiger partial charge < -0.3 is 5.32 Å². The summed E-state index contributed by atoms with van der Waals surface area (Å²) in [6, 6.07) is 0. The van der Waals surface area contributed by atoms with Crippen molar-refractivity contribution in [3.63, 3.8) is 0 Å². The van der Waals surface area contributed by atoms with Crippen molar-refractivity contribution in [1.82, 2.24) is 5.32 Å². The maximum Gasteiger partial charge on any atom is 0.0130 e. The van der Waals surface area contributed by atoms with Gasteiger partial charge in [-0.2, -0.15) is 0 Å². The minimum Gasteiger partial charge on any atom is -0.312 e. The molecule has 0 spiro atoms. The van der Waals surface area contributed by atoms with Crippen LogP contribution in [0.25, 0.3) is 0 Å². The lowest BCUT2D eigenvalue weighted by molar-refractivity contribution is 0.165. The van der Waals surface area contributed by atoms with Crippen LogP contribution in [0.15, 0.2) is 0 Å². The Morgan fingerprint density at radius 1 is 0.842 bits per heavy atom. The molecule has 0 aromatic heterocycles. The molecule has 0 bridgehead atoms. The van der Waals surface area contributed by atoms with E-state index in [4.69, 9.17) is 0 Å². The fraction of sp³-hybridized carbons (Fsp3) is 1.00. The Balaban J connectivity index is 4.37. The zero-order chi connectivity index (χ0) is 15.3. The van der Waals surface area contributed by atoms with Gasteiger partial charge in [0.25, 0.3) is 0 Å². The van der Waals surface area contributed by atoms with Gasteiger partial charge in [0, 0.05) is 5.54 Å². The predicted molar refractivity (Wildman–Crippen MR) is 88.6 cm³/mol. The third-order valence-corrected chi connectivity index (χ3v) is 4.02. The van der Waals surface area contributed by atoms with Crippen LogP contribution in [0.5, 0.6) is 0 Å². The molecule has 1 N–H and O–H groups in total. The SMILES string of the molecule is CCNC(C)(C)CC(C)(C)CCC(C)(C)CC(C)C. The Bertz CT molecular complexity index is 248. The van der Waals surface area contributed by atoms with Gasteiger partial charge in [-0.15, -0.1) is 0 Å². The second kappa shape index (κ2) is 7.11. The predicted octanol–water partition coefficient (Wildman–Crippen LogP) is 5.64. The molecule has 0 fully saturated rings. The molecule has 0 aliphatic heterocycles. The molecule has 0 aliphatic carbocycles. The van der Waals surface area contributed by atoms with E-state index in [0.29, 0.717) is 10.8 Å². The third-order valence-electron chi connectivity index (χ3n) is 4.02. The third kappa shape index (κ3) is 9.49. The monoisotopic (exact) mass is 269 g/mol. The van der Waals surface area contributed by atoms with E-state index in [2.05, 4.69) is 67.6 Å². The van der Waals surface area contributed by atoms with Crippen LogP contribution in [0.4, 0.5) is 0 Å². The van der Waals surface area contributed by atoms with Crippen molar-refractivity contribution in [1.29, 1.82) is 0 Å². The second-order valence-electron chi connectivity index (χ2n) is 9.02. The molecule has 0 rings (SSSR count). The zero-order valence-electron chi connectivity index (χ0n) is 15.1. The van der Waals surface area contributed by atoms with E-state index in [9.17, 15) is 0 Å². The first-order chi connectivity index (χ1) is 8.39. The number of hydrogen-bond acceptors (Lipinski definition) is 1. The summed E-state index contributed by atoms with van der Waals surface area (Å²) < 4.78 is 0. The molecule has 0 saturated heterocycles. The molecule has 0 amide bonds. The molecule has 0 aromatic carbocycles. The van der Waals surface area contributed by atoms with E-state index >= 15 is 0 Å². The van der Waals surface area contributed by atoms with E-state index in [1.54, 1.807) is 0 Å². The highest BCUT2D eigenvalue weighted by Gasteiger charge is 2.30. The van der Waals surface area contributed by atoms with Crippen LogP contribution < -0.4 is 5.32 Å². The van der Waals surface area contributed by atoms with Crippen LogP contribution in [0.1, 0.15) is 88.0 Å². The van der Waals surface area contributed by atoms with Gasteiger partial charge in [-0.3, -0.25) is 0 Å². The summed E-state index contributed by atoms with van der Waals surface area (Å²) >= 11 is 0. The van der Waals surface area contributed by atoms with Crippen LogP contribution in [0.3, 0.4) is 0 Å². The molecule has 116 valence electrons. The van der Waals surface area contributed by atoms with E-state index in [-0.39, 0.29) is 5.54 Å². The average Bonchev–Trinajstić information content (AvgIpc) is 2.11. The van der Waals surface area contributed by atoms with Gasteiger partial charge in [0.15, 0.2) is 0 Å². The topological polar surface area (TPSA) is 12.0 Å². The van der Waals surface area contributed by atoms with Crippen molar-refractivity contribution >= 4 is 0 Å². The van der Waals surface area contributed by atoms with E-state index < -0.39 is 0 Å². The highest BCUT2D eigenvalue weighted by Crippen LogP contribution is 2.39. The second-order valence-corrected chi connectivity index (χ2v) is 9.02. The normalized spacial score (nSPS) is 14.2. The molecule has 0 saturated carbocycles. The van der Waals surface area contributed by atoms with Gasteiger partial charge in [0.05, 0.1) is 0 Å². The van der Waals surface area contributed by atoms with Crippen molar-refractivity contribution < 1.29 is 0 Å². The summed E-state index contributed by atoms with van der Waals surface area (Å²) in [6.07, 6.45) is 5.23. The van der Waals surface area contributed by atoms with E-state index in [1.165, 1.54) is 25.7 Å². The molecule has 19 heavy (non-hydrogen) atoms. The molecule has 1 nitrogen and oxygen atoms in total. The number of rotatable bonds is 9. The van der Waals surface area contributed by atoms with Gasteiger partial charge >= 0.3 is 0 Å². The van der Waals surface area contributed by atoms with E-state index in [1.807, 2.05) is 0 Å². The number of nitrogens with one attached hydrogen (secondary N) is 1. The quantitative estimate of drug-likeness (QED) is 0.571. The molecule has 1 heteroatoms. The maximum absolute atomic E-state index is 3.61. The lowest BCUT2D eigenvalue weighted by atomic mass is 9.71. The van der Waals surface area contributed by atoms with Gasteiger partial charge in [-0.05, 0) is 62.8 Å². The Hall–Kier alpha value is -0.0400. The minimum atomic E-state index is 0.250. The molecule has 0 unspecified atom stereocenters. The molecule has 0 heterocycles. The molecular weight excluding hydrogens is 230 g/mol. The number of hydrogen-bond donors (Lipinski definition) is 1. The minimum absolute atomic E-state index is 0.250. The maximum atomic E-state index is 3.61. The fourth-order valence-electron chi connectivity index (χ4n) is 3.71. The molecule has 0 atom stereocenters. The molecule has 0 aliphatic rings. The summed E-state index contributed by atoms with van der Waals surface area (Å²) in [6.45, 7) is 22.3. The lowest BCUT2D eigenvalue weighted by Gasteiger charge is -2.38. The van der Waals surface area contributed by atoms with Crippen LogP contribution >= 0.6 is 0 Å². The summed E-state index contributed by atoms with van der Waals surface area (Å²) in [4.78, 5) is 0. The summed E-state index contributed by atoms with van der Waals surface area (Å²) in [5.74, 6) is 0.802. The van der Waals surface area contributed by atoms with Gasteiger partial charge in [-0.1, -0.05) is 48.5 Å². The van der Waals surface area contributed by atoms with Crippen molar-refractivity contribution in [3.05, 3.63) is 0 Å². The Labute approximate surface area is 122 Å². The standard InChI is InChI=1S/C18H39N/c1-10-19-18(8,9)14-17(6,7)12-11-16(4,5)13-15(2)3/h15,19H,10-14H2,1-9H3. The van der Waals surface area contributed by atoms with Crippen LogP contribution in [-0.4, -0.2) is 12.1 Å². The summed E-state index contributed by atoms with van der Waals surface area (Å²) in [7, 11) is 0. The molecule has 0 radical (unpaired) electrons. The largest absolute Gasteiger partial charge is 0.312 e. The smallest absolute Gasteiger partial charge is 0.0130 e. The van der Waals surface area contributed by atoms with Crippen molar-refractivity contribution in [2.24, 2.45) is 16.7 Å². The Morgan fingerprint density at radius 3 is 1.74 bits per heavy atom. The van der Waals surface area contributed by atoms with Gasteiger partial charge in [0.2, 0.25) is 0 Å². The lowest BCUT2D eigenvalue weighted by Crippen LogP contribution is -2.42.